The first-order valence-electron chi connectivity index (χ1n) is 10.2. The molecule has 1 saturated carbocycles. The number of rotatable bonds is 7. The lowest BCUT2D eigenvalue weighted by Crippen LogP contribution is -2.41. The molecule has 2 fully saturated rings. The van der Waals surface area contributed by atoms with Gasteiger partial charge in [-0.25, -0.2) is 0 Å². The van der Waals surface area contributed by atoms with Gasteiger partial charge in [0.15, 0.2) is 11.5 Å². The van der Waals surface area contributed by atoms with E-state index < -0.39 is 0 Å². The van der Waals surface area contributed by atoms with Crippen LogP contribution in [-0.4, -0.2) is 55.1 Å². The van der Waals surface area contributed by atoms with E-state index in [0.29, 0.717) is 19.8 Å². The van der Waals surface area contributed by atoms with Crippen molar-refractivity contribution >= 4 is 5.91 Å². The van der Waals surface area contributed by atoms with E-state index in [9.17, 15) is 4.79 Å². The zero-order chi connectivity index (χ0) is 17.9. The lowest BCUT2D eigenvalue weighted by Gasteiger charge is -2.29. The van der Waals surface area contributed by atoms with Crippen LogP contribution in [-0.2, 0) is 4.79 Å². The molecule has 26 heavy (non-hydrogen) atoms. The summed E-state index contributed by atoms with van der Waals surface area (Å²) in [5.41, 5.74) is 1.17. The lowest BCUT2D eigenvalue weighted by atomic mass is 10.0. The Kier molecular flexibility index (Phi) is 5.34. The van der Waals surface area contributed by atoms with Gasteiger partial charge < -0.3 is 14.4 Å². The van der Waals surface area contributed by atoms with Crippen LogP contribution in [0.5, 0.6) is 11.5 Å². The van der Waals surface area contributed by atoms with Gasteiger partial charge in [0.25, 0.3) is 0 Å². The van der Waals surface area contributed by atoms with Crippen molar-refractivity contribution in [2.24, 2.45) is 5.92 Å². The van der Waals surface area contributed by atoms with Gasteiger partial charge in [-0.05, 0) is 62.3 Å². The summed E-state index contributed by atoms with van der Waals surface area (Å²) in [4.78, 5) is 17.5. The first-order chi connectivity index (χ1) is 12.7. The first-order valence-corrected chi connectivity index (χ1v) is 10.2. The molecule has 2 aliphatic heterocycles. The number of hydrogen-bond acceptors (Lipinski definition) is 4. The van der Waals surface area contributed by atoms with Crippen LogP contribution in [0.1, 0.15) is 50.6 Å². The van der Waals surface area contributed by atoms with E-state index in [1.807, 2.05) is 6.07 Å². The van der Waals surface area contributed by atoms with E-state index >= 15 is 0 Å². The Labute approximate surface area is 156 Å². The van der Waals surface area contributed by atoms with Crippen molar-refractivity contribution in [3.8, 4) is 11.5 Å². The molecule has 0 N–H and O–H groups in total. The number of nitrogens with zero attached hydrogens (tertiary/aromatic N) is 2. The van der Waals surface area contributed by atoms with Gasteiger partial charge in [0.2, 0.25) is 5.91 Å². The Bertz CT molecular complexity index is 644. The maximum absolute atomic E-state index is 13.0. The zero-order valence-corrected chi connectivity index (χ0v) is 15.8. The fourth-order valence-corrected chi connectivity index (χ4v) is 4.18. The molecule has 0 spiro atoms. The molecule has 142 valence electrons. The van der Waals surface area contributed by atoms with E-state index in [-0.39, 0.29) is 11.9 Å². The van der Waals surface area contributed by atoms with Crippen LogP contribution in [0.15, 0.2) is 18.2 Å². The standard InChI is InChI=1S/C21H30N2O3/c1-2-9-22(14-16-5-6-16)15-21(24)23-10-3-4-18(23)17-7-8-19-20(13-17)26-12-11-25-19/h7-8,13,16,18H,2-6,9-12,14-15H2,1H3. The molecule has 1 amide bonds. The van der Waals surface area contributed by atoms with Crippen molar-refractivity contribution in [2.45, 2.75) is 45.1 Å². The second-order valence-corrected chi connectivity index (χ2v) is 7.83. The third kappa shape index (κ3) is 3.98. The summed E-state index contributed by atoms with van der Waals surface area (Å²) in [7, 11) is 0. The SMILES string of the molecule is CCCN(CC(=O)N1CCCC1c1ccc2c(c1)OCCO2)CC1CC1. The molecular formula is C21H30N2O3. The highest BCUT2D eigenvalue weighted by molar-refractivity contribution is 5.79. The summed E-state index contributed by atoms with van der Waals surface area (Å²) in [6.45, 7) is 6.92. The third-order valence-corrected chi connectivity index (χ3v) is 5.64. The Morgan fingerprint density at radius 3 is 2.77 bits per heavy atom. The van der Waals surface area contributed by atoms with Gasteiger partial charge in [0.1, 0.15) is 13.2 Å². The molecule has 1 unspecified atom stereocenters. The van der Waals surface area contributed by atoms with Crippen molar-refractivity contribution in [3.63, 3.8) is 0 Å². The molecule has 1 atom stereocenters. The van der Waals surface area contributed by atoms with Crippen LogP contribution < -0.4 is 9.47 Å². The number of fused-ring (bicyclic) bond motifs is 1. The van der Waals surface area contributed by atoms with Crippen molar-refractivity contribution in [1.29, 1.82) is 0 Å². The summed E-state index contributed by atoms with van der Waals surface area (Å²) < 4.78 is 11.4. The number of amides is 1. The normalized spacial score (nSPS) is 22.1. The van der Waals surface area contributed by atoms with E-state index in [0.717, 1.165) is 56.3 Å². The molecule has 0 bridgehead atoms. The number of likely N-dealkylation sites (tertiary alicyclic amines) is 1. The van der Waals surface area contributed by atoms with Crippen molar-refractivity contribution in [2.75, 3.05) is 39.4 Å². The summed E-state index contributed by atoms with van der Waals surface area (Å²) in [5.74, 6) is 2.72. The van der Waals surface area contributed by atoms with Crippen LogP contribution in [0.2, 0.25) is 0 Å². The minimum absolute atomic E-state index is 0.169. The molecule has 1 aromatic carbocycles. The Morgan fingerprint density at radius 2 is 2.00 bits per heavy atom. The van der Waals surface area contributed by atoms with Crippen LogP contribution in [0.25, 0.3) is 0 Å². The minimum atomic E-state index is 0.169. The molecule has 1 aliphatic carbocycles. The van der Waals surface area contributed by atoms with Gasteiger partial charge in [0.05, 0.1) is 12.6 Å². The molecule has 4 rings (SSSR count). The summed E-state index contributed by atoms with van der Waals surface area (Å²) in [5, 5.41) is 0. The van der Waals surface area contributed by atoms with Crippen LogP contribution in [0.4, 0.5) is 0 Å². The predicted molar refractivity (Wildman–Crippen MR) is 101 cm³/mol. The summed E-state index contributed by atoms with van der Waals surface area (Å²) >= 11 is 0. The zero-order valence-electron chi connectivity index (χ0n) is 15.8. The molecule has 1 aromatic rings. The van der Waals surface area contributed by atoms with Gasteiger partial charge in [-0.2, -0.15) is 0 Å². The van der Waals surface area contributed by atoms with Crippen molar-refractivity contribution < 1.29 is 14.3 Å². The second-order valence-electron chi connectivity index (χ2n) is 7.83. The van der Waals surface area contributed by atoms with Crippen LogP contribution >= 0.6 is 0 Å². The predicted octanol–water partition coefficient (Wildman–Crippen LogP) is 3.24. The van der Waals surface area contributed by atoms with E-state index in [2.05, 4.69) is 28.9 Å². The van der Waals surface area contributed by atoms with Crippen molar-refractivity contribution in [3.05, 3.63) is 23.8 Å². The Morgan fingerprint density at radius 1 is 1.19 bits per heavy atom. The van der Waals surface area contributed by atoms with Gasteiger partial charge in [-0.1, -0.05) is 13.0 Å². The van der Waals surface area contributed by atoms with Crippen LogP contribution in [0.3, 0.4) is 0 Å². The fraction of sp³-hybridized carbons (Fsp3) is 0.667. The fourth-order valence-electron chi connectivity index (χ4n) is 4.18. The highest BCUT2D eigenvalue weighted by atomic mass is 16.6. The molecular weight excluding hydrogens is 328 g/mol. The molecule has 0 radical (unpaired) electrons. The quantitative estimate of drug-likeness (QED) is 0.750. The molecule has 0 aromatic heterocycles. The number of hydrogen-bond donors (Lipinski definition) is 0. The largest absolute Gasteiger partial charge is 0.486 e. The molecule has 1 saturated heterocycles. The van der Waals surface area contributed by atoms with E-state index in [1.54, 1.807) is 0 Å². The number of ether oxygens (including phenoxy) is 2. The smallest absolute Gasteiger partial charge is 0.237 e. The average Bonchev–Trinajstić information content (AvgIpc) is 3.33. The van der Waals surface area contributed by atoms with E-state index in [1.165, 1.54) is 18.4 Å². The summed E-state index contributed by atoms with van der Waals surface area (Å²) in [6, 6.07) is 6.32. The topological polar surface area (TPSA) is 42.0 Å². The number of carbonyl (C=O) groups excluding carboxylic acids is 1. The Balaban J connectivity index is 1.44. The molecule has 2 heterocycles. The number of benzene rings is 1. The molecule has 3 aliphatic rings. The highest BCUT2D eigenvalue weighted by Gasteiger charge is 2.32. The average molecular weight is 358 g/mol. The maximum atomic E-state index is 13.0. The Hall–Kier alpha value is -1.75. The number of carbonyl (C=O) groups is 1. The summed E-state index contributed by atoms with van der Waals surface area (Å²) in [6.07, 6.45) is 5.87. The van der Waals surface area contributed by atoms with E-state index in [4.69, 9.17) is 9.47 Å². The molecule has 5 nitrogen and oxygen atoms in total. The van der Waals surface area contributed by atoms with Crippen LogP contribution in [0, 0.1) is 5.92 Å². The highest BCUT2D eigenvalue weighted by Crippen LogP contribution is 2.38. The van der Waals surface area contributed by atoms with Gasteiger partial charge in [-0.15, -0.1) is 0 Å². The van der Waals surface area contributed by atoms with Gasteiger partial charge in [-0.3, -0.25) is 9.69 Å². The van der Waals surface area contributed by atoms with Crippen molar-refractivity contribution in [1.82, 2.24) is 9.80 Å². The van der Waals surface area contributed by atoms with Gasteiger partial charge in [0, 0.05) is 13.1 Å². The monoisotopic (exact) mass is 358 g/mol. The first kappa shape index (κ1) is 17.7. The molecule has 5 heteroatoms. The lowest BCUT2D eigenvalue weighted by molar-refractivity contribution is -0.133. The minimum Gasteiger partial charge on any atom is -0.486 e. The second kappa shape index (κ2) is 7.87. The maximum Gasteiger partial charge on any atom is 0.237 e. The third-order valence-electron chi connectivity index (χ3n) is 5.64. The van der Waals surface area contributed by atoms with Gasteiger partial charge >= 0.3 is 0 Å².